The molecule has 0 radical (unpaired) electrons. The van der Waals surface area contributed by atoms with Crippen LogP contribution in [0.4, 0.5) is 8.78 Å². The molecule has 18 heavy (non-hydrogen) atoms. The molecule has 1 amide bonds. The van der Waals surface area contributed by atoms with Gasteiger partial charge in [0.1, 0.15) is 11.6 Å². The Kier molecular flexibility index (Phi) is 3.56. The summed E-state index contributed by atoms with van der Waals surface area (Å²) in [6.07, 6.45) is 0.860. The van der Waals surface area contributed by atoms with Gasteiger partial charge < -0.3 is 4.90 Å². The largest absolute Gasteiger partial charge is 0.337 e. The molecule has 1 aliphatic rings. The maximum atomic E-state index is 13.5. The molecule has 1 aromatic rings. The van der Waals surface area contributed by atoms with E-state index in [1.807, 2.05) is 0 Å². The Bertz CT molecular complexity index is 510. The quantitative estimate of drug-likeness (QED) is 0.807. The maximum Gasteiger partial charge on any atom is 0.222 e. The van der Waals surface area contributed by atoms with E-state index in [0.29, 0.717) is 19.4 Å². The van der Waals surface area contributed by atoms with E-state index in [1.54, 1.807) is 0 Å². The number of nitriles is 1. The van der Waals surface area contributed by atoms with Crippen molar-refractivity contribution in [3.05, 3.63) is 35.4 Å². The predicted octanol–water partition coefficient (Wildman–Crippen LogP) is 2.23. The molecule has 0 bridgehead atoms. The average molecular weight is 250 g/mol. The normalized spacial score (nSPS) is 19.7. The zero-order valence-corrected chi connectivity index (χ0v) is 9.70. The molecule has 1 saturated heterocycles. The summed E-state index contributed by atoms with van der Waals surface area (Å²) in [4.78, 5) is 13.1. The van der Waals surface area contributed by atoms with Gasteiger partial charge in [-0.1, -0.05) is 6.07 Å². The Morgan fingerprint density at radius 3 is 2.89 bits per heavy atom. The van der Waals surface area contributed by atoms with E-state index in [9.17, 15) is 13.6 Å². The third-order valence-corrected chi connectivity index (χ3v) is 3.06. The summed E-state index contributed by atoms with van der Waals surface area (Å²) in [5.74, 6) is -1.60. The molecule has 1 aromatic carbocycles. The first-order valence-corrected chi connectivity index (χ1v) is 5.71. The van der Waals surface area contributed by atoms with E-state index < -0.39 is 11.6 Å². The van der Waals surface area contributed by atoms with Crippen molar-refractivity contribution in [2.75, 3.05) is 6.54 Å². The molecule has 0 spiro atoms. The van der Waals surface area contributed by atoms with Crippen LogP contribution in [-0.4, -0.2) is 17.4 Å². The predicted molar refractivity (Wildman–Crippen MR) is 60.1 cm³/mol. The molecule has 0 saturated carbocycles. The van der Waals surface area contributed by atoms with Gasteiger partial charge >= 0.3 is 0 Å². The van der Waals surface area contributed by atoms with Gasteiger partial charge in [-0.2, -0.15) is 5.26 Å². The number of benzene rings is 1. The van der Waals surface area contributed by atoms with Crippen LogP contribution in [0.1, 0.15) is 18.4 Å². The zero-order valence-electron chi connectivity index (χ0n) is 9.70. The van der Waals surface area contributed by atoms with Gasteiger partial charge in [-0.05, 0) is 12.5 Å². The number of hydrogen-bond donors (Lipinski definition) is 0. The fraction of sp³-hybridized carbons (Fsp3) is 0.385. The number of carbonyl (C=O) groups is 1. The SMILES string of the molecule is N#CC1CCC(=O)N(Cc2ccc(F)cc2F)C1. The number of amides is 1. The standard InChI is InChI=1S/C13H12F2N2O/c14-11-3-2-10(12(15)5-11)8-17-7-9(6-16)1-4-13(17)18/h2-3,5,9H,1,4,7-8H2. The van der Waals surface area contributed by atoms with Gasteiger partial charge in [0, 0.05) is 31.1 Å². The smallest absolute Gasteiger partial charge is 0.222 e. The highest BCUT2D eigenvalue weighted by Crippen LogP contribution is 2.20. The van der Waals surface area contributed by atoms with Crippen LogP contribution in [-0.2, 0) is 11.3 Å². The van der Waals surface area contributed by atoms with E-state index in [0.717, 1.165) is 12.1 Å². The number of likely N-dealkylation sites (tertiary alicyclic amines) is 1. The summed E-state index contributed by atoms with van der Waals surface area (Å²) in [7, 11) is 0. The molecule has 1 heterocycles. The Labute approximate surface area is 104 Å². The van der Waals surface area contributed by atoms with Crippen molar-refractivity contribution in [3.8, 4) is 6.07 Å². The van der Waals surface area contributed by atoms with Crippen molar-refractivity contribution >= 4 is 5.91 Å². The third-order valence-electron chi connectivity index (χ3n) is 3.06. The number of rotatable bonds is 2. The summed E-state index contributed by atoms with van der Waals surface area (Å²) in [5.41, 5.74) is 0.267. The van der Waals surface area contributed by atoms with Crippen LogP contribution >= 0.6 is 0 Å². The Morgan fingerprint density at radius 1 is 1.44 bits per heavy atom. The summed E-state index contributed by atoms with van der Waals surface area (Å²) in [6, 6.07) is 5.40. The first kappa shape index (κ1) is 12.5. The molecule has 3 nitrogen and oxygen atoms in total. The van der Waals surface area contributed by atoms with Gasteiger partial charge in [0.05, 0.1) is 12.0 Å². The molecule has 1 atom stereocenters. The van der Waals surface area contributed by atoms with E-state index in [1.165, 1.54) is 11.0 Å². The van der Waals surface area contributed by atoms with Crippen molar-refractivity contribution in [2.24, 2.45) is 5.92 Å². The minimum absolute atomic E-state index is 0.0864. The van der Waals surface area contributed by atoms with Crippen molar-refractivity contribution in [3.63, 3.8) is 0 Å². The molecule has 0 aliphatic carbocycles. The topological polar surface area (TPSA) is 44.1 Å². The van der Waals surface area contributed by atoms with E-state index in [4.69, 9.17) is 5.26 Å². The van der Waals surface area contributed by atoms with Crippen LogP contribution in [0.3, 0.4) is 0 Å². The fourth-order valence-corrected chi connectivity index (χ4v) is 2.03. The first-order valence-electron chi connectivity index (χ1n) is 5.71. The van der Waals surface area contributed by atoms with Crippen LogP contribution in [0, 0.1) is 28.9 Å². The van der Waals surface area contributed by atoms with Gasteiger partial charge in [-0.25, -0.2) is 8.78 Å². The highest BCUT2D eigenvalue weighted by atomic mass is 19.1. The highest BCUT2D eigenvalue weighted by Gasteiger charge is 2.26. The lowest BCUT2D eigenvalue weighted by Gasteiger charge is -2.29. The Morgan fingerprint density at radius 2 is 2.22 bits per heavy atom. The van der Waals surface area contributed by atoms with E-state index in [-0.39, 0.29) is 23.9 Å². The van der Waals surface area contributed by atoms with Crippen molar-refractivity contribution in [1.82, 2.24) is 4.90 Å². The van der Waals surface area contributed by atoms with Crippen molar-refractivity contribution in [1.29, 1.82) is 5.26 Å². The minimum atomic E-state index is -0.665. The van der Waals surface area contributed by atoms with Gasteiger partial charge in [-0.15, -0.1) is 0 Å². The lowest BCUT2D eigenvalue weighted by atomic mass is 9.98. The molecule has 94 valence electrons. The molecule has 5 heteroatoms. The maximum absolute atomic E-state index is 13.5. The Balaban J connectivity index is 2.12. The van der Waals surface area contributed by atoms with Crippen LogP contribution in [0.2, 0.25) is 0 Å². The third kappa shape index (κ3) is 2.65. The lowest BCUT2D eigenvalue weighted by Crippen LogP contribution is -2.39. The van der Waals surface area contributed by atoms with Crippen LogP contribution in [0.5, 0.6) is 0 Å². The number of nitrogens with zero attached hydrogens (tertiary/aromatic N) is 2. The Hall–Kier alpha value is -1.96. The monoisotopic (exact) mass is 250 g/mol. The molecular formula is C13H12F2N2O. The van der Waals surface area contributed by atoms with Crippen LogP contribution in [0.15, 0.2) is 18.2 Å². The van der Waals surface area contributed by atoms with Crippen LogP contribution in [0.25, 0.3) is 0 Å². The van der Waals surface area contributed by atoms with E-state index in [2.05, 4.69) is 6.07 Å². The second-order valence-electron chi connectivity index (χ2n) is 4.37. The molecule has 1 fully saturated rings. The molecule has 2 rings (SSSR count). The second kappa shape index (κ2) is 5.13. The first-order chi connectivity index (χ1) is 8.60. The highest BCUT2D eigenvalue weighted by molar-refractivity contribution is 5.77. The number of hydrogen-bond acceptors (Lipinski definition) is 2. The molecule has 1 aliphatic heterocycles. The average Bonchev–Trinajstić information content (AvgIpc) is 2.35. The van der Waals surface area contributed by atoms with Gasteiger partial charge in [-0.3, -0.25) is 4.79 Å². The summed E-state index contributed by atoms with van der Waals surface area (Å²) in [6.45, 7) is 0.398. The minimum Gasteiger partial charge on any atom is -0.337 e. The number of halogens is 2. The molecule has 0 N–H and O–H groups in total. The number of piperidine rings is 1. The van der Waals surface area contributed by atoms with Gasteiger partial charge in [0.25, 0.3) is 0 Å². The van der Waals surface area contributed by atoms with Gasteiger partial charge in [0.2, 0.25) is 5.91 Å². The van der Waals surface area contributed by atoms with Crippen LogP contribution < -0.4 is 0 Å². The fourth-order valence-electron chi connectivity index (χ4n) is 2.03. The van der Waals surface area contributed by atoms with E-state index >= 15 is 0 Å². The molecular weight excluding hydrogens is 238 g/mol. The molecule has 0 aromatic heterocycles. The lowest BCUT2D eigenvalue weighted by molar-refractivity contribution is -0.134. The summed E-state index contributed by atoms with van der Waals surface area (Å²) >= 11 is 0. The summed E-state index contributed by atoms with van der Waals surface area (Å²) in [5, 5.41) is 8.84. The zero-order chi connectivity index (χ0) is 13.1. The molecule has 1 unspecified atom stereocenters. The van der Waals surface area contributed by atoms with Crippen molar-refractivity contribution in [2.45, 2.75) is 19.4 Å². The summed E-state index contributed by atoms with van der Waals surface area (Å²) < 4.78 is 26.2. The second-order valence-corrected chi connectivity index (χ2v) is 4.37. The number of carbonyl (C=O) groups excluding carboxylic acids is 1. The van der Waals surface area contributed by atoms with Crippen molar-refractivity contribution < 1.29 is 13.6 Å². The van der Waals surface area contributed by atoms with Gasteiger partial charge in [0.15, 0.2) is 0 Å².